The molecule has 8 heteroatoms. The highest BCUT2D eigenvalue weighted by atomic mass is 32.2. The molecule has 1 atom stereocenters. The molecule has 3 heterocycles. The number of benzene rings is 1. The van der Waals surface area contributed by atoms with Gasteiger partial charge in [-0.3, -0.25) is 0 Å². The Morgan fingerprint density at radius 2 is 1.93 bits per heavy atom. The van der Waals surface area contributed by atoms with Crippen LogP contribution in [0.2, 0.25) is 0 Å². The highest BCUT2D eigenvalue weighted by Gasteiger charge is 2.42. The van der Waals surface area contributed by atoms with E-state index in [1.54, 1.807) is 16.4 Å². The topological polar surface area (TPSA) is 74.2 Å². The largest absolute Gasteiger partial charge is 0.381 e. The van der Waals surface area contributed by atoms with Crippen LogP contribution < -0.4 is 5.32 Å². The normalized spacial score (nSPS) is 26.0. The highest BCUT2D eigenvalue weighted by molar-refractivity contribution is 7.89. The molecule has 0 aromatic heterocycles. The van der Waals surface area contributed by atoms with Gasteiger partial charge in [0.25, 0.3) is 0 Å². The Morgan fingerprint density at radius 1 is 1.17 bits per heavy atom. The van der Waals surface area contributed by atoms with E-state index in [2.05, 4.69) is 17.1 Å². The molecule has 1 N–H and O–H groups in total. The maximum absolute atomic E-state index is 12.7. The van der Waals surface area contributed by atoms with Crippen LogP contribution in [0.4, 0.5) is 0 Å². The van der Waals surface area contributed by atoms with Gasteiger partial charge in [0.05, 0.1) is 18.0 Å². The van der Waals surface area contributed by atoms with Gasteiger partial charge >= 0.3 is 0 Å². The molecule has 1 aromatic rings. The molecule has 160 valence electrons. The molecule has 0 amide bonds. The summed E-state index contributed by atoms with van der Waals surface area (Å²) in [4.78, 5) is 7.53. The van der Waals surface area contributed by atoms with E-state index >= 15 is 0 Å². The summed E-state index contributed by atoms with van der Waals surface area (Å²) >= 11 is 0. The van der Waals surface area contributed by atoms with Crippen LogP contribution in [-0.2, 0) is 21.3 Å². The summed E-state index contributed by atoms with van der Waals surface area (Å²) in [5.41, 5.74) is 1.31. The van der Waals surface area contributed by atoms with Crippen molar-refractivity contribution in [3.63, 3.8) is 0 Å². The van der Waals surface area contributed by atoms with E-state index in [4.69, 9.17) is 9.73 Å². The molecular weight excluding hydrogens is 388 g/mol. The summed E-state index contributed by atoms with van der Waals surface area (Å²) in [5, 5.41) is 3.41. The lowest BCUT2D eigenvalue weighted by Gasteiger charge is -2.25. The molecule has 0 saturated carbocycles. The van der Waals surface area contributed by atoms with Gasteiger partial charge in [-0.1, -0.05) is 12.1 Å². The quantitative estimate of drug-likeness (QED) is 0.583. The average Bonchev–Trinajstić information content (AvgIpc) is 3.49. The number of aliphatic imine (C=N–C) groups is 1. The SMILES string of the molecule is CCNC(=NCc1ccc(S(=O)(=O)N2CCCC2)cc1)N1CCC2(CCOC2)C1. The van der Waals surface area contributed by atoms with E-state index in [0.717, 1.165) is 70.1 Å². The Balaban J connectivity index is 1.42. The highest BCUT2D eigenvalue weighted by Crippen LogP contribution is 2.38. The number of nitrogens with zero attached hydrogens (tertiary/aromatic N) is 3. The van der Waals surface area contributed by atoms with Crippen molar-refractivity contribution in [1.29, 1.82) is 0 Å². The molecule has 0 bridgehead atoms. The zero-order chi connectivity index (χ0) is 20.3. The van der Waals surface area contributed by atoms with Crippen LogP contribution in [0.5, 0.6) is 0 Å². The number of hydrogen-bond acceptors (Lipinski definition) is 4. The fraction of sp³-hybridized carbons (Fsp3) is 0.667. The summed E-state index contributed by atoms with van der Waals surface area (Å²) in [5.74, 6) is 0.935. The van der Waals surface area contributed by atoms with E-state index < -0.39 is 10.0 Å². The third kappa shape index (κ3) is 4.44. The molecular formula is C21H32N4O3S. The van der Waals surface area contributed by atoms with Gasteiger partial charge in [-0.15, -0.1) is 0 Å². The minimum absolute atomic E-state index is 0.293. The summed E-state index contributed by atoms with van der Waals surface area (Å²) in [6, 6.07) is 7.19. The fourth-order valence-electron chi connectivity index (χ4n) is 4.52. The molecule has 29 heavy (non-hydrogen) atoms. The average molecular weight is 421 g/mol. The zero-order valence-electron chi connectivity index (χ0n) is 17.3. The molecule has 4 rings (SSSR count). The van der Waals surface area contributed by atoms with Crippen molar-refractivity contribution >= 4 is 16.0 Å². The van der Waals surface area contributed by atoms with E-state index in [0.29, 0.717) is 29.9 Å². The van der Waals surface area contributed by atoms with Crippen LogP contribution in [0.1, 0.15) is 38.2 Å². The first-order valence-corrected chi connectivity index (χ1v) is 12.2. The standard InChI is InChI=1S/C21H32N4O3S/c1-2-22-20(24-13-9-21(16-24)10-14-28-17-21)23-15-18-5-7-19(8-6-18)29(26,27)25-11-3-4-12-25/h5-8H,2-4,9-17H2,1H3,(H,22,23). The monoisotopic (exact) mass is 420 g/mol. The summed E-state index contributed by atoms with van der Waals surface area (Å²) in [6.45, 7) is 8.42. The Hall–Kier alpha value is -1.64. The van der Waals surface area contributed by atoms with E-state index in [1.165, 1.54) is 0 Å². The minimum atomic E-state index is -3.36. The van der Waals surface area contributed by atoms with Crippen molar-refractivity contribution in [2.24, 2.45) is 10.4 Å². The molecule has 0 aliphatic carbocycles. The van der Waals surface area contributed by atoms with Gasteiger partial charge < -0.3 is 15.0 Å². The maximum Gasteiger partial charge on any atom is 0.243 e. The first-order chi connectivity index (χ1) is 14.0. The van der Waals surface area contributed by atoms with Crippen molar-refractivity contribution in [3.8, 4) is 0 Å². The van der Waals surface area contributed by atoms with E-state index in [1.807, 2.05) is 12.1 Å². The summed E-state index contributed by atoms with van der Waals surface area (Å²) in [7, 11) is -3.36. The van der Waals surface area contributed by atoms with Gasteiger partial charge in [0, 0.05) is 44.7 Å². The fourth-order valence-corrected chi connectivity index (χ4v) is 6.04. The second-order valence-corrected chi connectivity index (χ2v) is 10.3. The van der Waals surface area contributed by atoms with Crippen molar-refractivity contribution < 1.29 is 13.2 Å². The molecule has 1 aromatic carbocycles. The third-order valence-corrected chi connectivity index (χ3v) is 8.21. The molecule has 3 saturated heterocycles. The van der Waals surface area contributed by atoms with Gasteiger partial charge in [-0.25, -0.2) is 13.4 Å². The number of likely N-dealkylation sites (tertiary alicyclic amines) is 1. The predicted molar refractivity (Wildman–Crippen MR) is 113 cm³/mol. The number of ether oxygens (including phenoxy) is 1. The van der Waals surface area contributed by atoms with Crippen LogP contribution in [0, 0.1) is 5.41 Å². The van der Waals surface area contributed by atoms with Crippen LogP contribution in [0.3, 0.4) is 0 Å². The summed E-state index contributed by atoms with van der Waals surface area (Å²) in [6.07, 6.45) is 4.18. The van der Waals surface area contributed by atoms with Gasteiger partial charge in [0.2, 0.25) is 10.0 Å². The smallest absolute Gasteiger partial charge is 0.243 e. The lowest BCUT2D eigenvalue weighted by Crippen LogP contribution is -2.41. The first-order valence-electron chi connectivity index (χ1n) is 10.7. The lowest BCUT2D eigenvalue weighted by atomic mass is 9.87. The zero-order valence-corrected chi connectivity index (χ0v) is 18.1. The van der Waals surface area contributed by atoms with Crippen LogP contribution in [0.25, 0.3) is 0 Å². The van der Waals surface area contributed by atoms with Gasteiger partial charge in [-0.05, 0) is 50.3 Å². The van der Waals surface area contributed by atoms with Gasteiger partial charge in [0.1, 0.15) is 0 Å². The minimum Gasteiger partial charge on any atom is -0.381 e. The number of guanidine groups is 1. The van der Waals surface area contributed by atoms with Crippen LogP contribution in [-0.4, -0.2) is 69.5 Å². The maximum atomic E-state index is 12.7. The van der Waals surface area contributed by atoms with Crippen molar-refractivity contribution in [2.45, 2.75) is 44.0 Å². The lowest BCUT2D eigenvalue weighted by molar-refractivity contribution is 0.156. The second kappa shape index (κ2) is 8.62. The molecule has 0 radical (unpaired) electrons. The van der Waals surface area contributed by atoms with Crippen LogP contribution >= 0.6 is 0 Å². The number of nitrogens with one attached hydrogen (secondary N) is 1. The predicted octanol–water partition coefficient (Wildman–Crippen LogP) is 2.05. The van der Waals surface area contributed by atoms with E-state index in [-0.39, 0.29) is 0 Å². The van der Waals surface area contributed by atoms with E-state index in [9.17, 15) is 8.42 Å². The number of hydrogen-bond donors (Lipinski definition) is 1. The Labute approximate surface area is 174 Å². The Bertz CT molecular complexity index is 826. The molecule has 3 fully saturated rings. The molecule has 3 aliphatic rings. The van der Waals surface area contributed by atoms with Crippen molar-refractivity contribution in [1.82, 2.24) is 14.5 Å². The first kappa shape index (κ1) is 20.6. The molecule has 3 aliphatic heterocycles. The molecule has 1 spiro atoms. The van der Waals surface area contributed by atoms with Gasteiger partial charge in [-0.2, -0.15) is 4.31 Å². The summed E-state index contributed by atoms with van der Waals surface area (Å²) < 4.78 is 32.5. The van der Waals surface area contributed by atoms with Gasteiger partial charge in [0.15, 0.2) is 5.96 Å². The Morgan fingerprint density at radius 3 is 2.59 bits per heavy atom. The number of sulfonamides is 1. The second-order valence-electron chi connectivity index (χ2n) is 8.40. The van der Waals surface area contributed by atoms with Crippen LogP contribution in [0.15, 0.2) is 34.2 Å². The molecule has 7 nitrogen and oxygen atoms in total. The molecule has 1 unspecified atom stereocenters. The van der Waals surface area contributed by atoms with Crippen molar-refractivity contribution in [3.05, 3.63) is 29.8 Å². The number of rotatable bonds is 5. The van der Waals surface area contributed by atoms with Crippen molar-refractivity contribution in [2.75, 3.05) is 45.9 Å². The Kier molecular flexibility index (Phi) is 6.13. The third-order valence-electron chi connectivity index (χ3n) is 6.30.